The van der Waals surface area contributed by atoms with Gasteiger partial charge in [0.1, 0.15) is 10.0 Å². The van der Waals surface area contributed by atoms with E-state index in [1.54, 1.807) is 29.1 Å². The molecule has 1 unspecified atom stereocenters. The zero-order valence-corrected chi connectivity index (χ0v) is 16.1. The van der Waals surface area contributed by atoms with E-state index in [9.17, 15) is 4.79 Å². The Labute approximate surface area is 150 Å². The minimum Gasteiger partial charge on any atom is -0.301 e. The maximum Gasteiger partial charge on any atom is 0.231 e. The topological polar surface area (TPSA) is 46.1 Å². The fourth-order valence-corrected chi connectivity index (χ4v) is 4.25. The molecule has 0 saturated carbocycles. The SMILES string of the molecule is CCN(C(=O)C(C)CSC)c1sc(-c2cncc(C)c2)nc1Cl. The van der Waals surface area contributed by atoms with E-state index in [0.717, 1.165) is 21.9 Å². The fraction of sp³-hybridized carbons (Fsp3) is 0.438. The number of aromatic nitrogens is 2. The third-order valence-corrected chi connectivity index (χ3v) is 5.69. The average Bonchev–Trinajstić information content (AvgIpc) is 2.90. The first kappa shape index (κ1) is 18.2. The van der Waals surface area contributed by atoms with Gasteiger partial charge in [-0.1, -0.05) is 29.9 Å². The van der Waals surface area contributed by atoms with Crippen LogP contribution in [-0.2, 0) is 4.79 Å². The molecule has 0 fully saturated rings. The summed E-state index contributed by atoms with van der Waals surface area (Å²) < 4.78 is 0. The summed E-state index contributed by atoms with van der Waals surface area (Å²) in [5, 5.41) is 1.87. The van der Waals surface area contributed by atoms with Crippen LogP contribution < -0.4 is 4.90 Å². The van der Waals surface area contributed by atoms with Gasteiger partial charge in [0.05, 0.1) is 0 Å². The van der Waals surface area contributed by atoms with E-state index < -0.39 is 0 Å². The van der Waals surface area contributed by atoms with Crippen LogP contribution in [0.2, 0.25) is 5.15 Å². The lowest BCUT2D eigenvalue weighted by atomic mass is 10.2. The normalized spacial score (nSPS) is 12.2. The molecule has 7 heteroatoms. The van der Waals surface area contributed by atoms with E-state index in [1.165, 1.54) is 11.3 Å². The molecule has 2 aromatic heterocycles. The Bertz CT molecular complexity index is 690. The Kier molecular flexibility index (Phi) is 6.44. The van der Waals surface area contributed by atoms with Gasteiger partial charge in [-0.15, -0.1) is 0 Å². The maximum absolute atomic E-state index is 12.6. The first-order chi connectivity index (χ1) is 11.0. The lowest BCUT2D eigenvalue weighted by molar-refractivity contribution is -0.121. The van der Waals surface area contributed by atoms with Crippen molar-refractivity contribution in [3.8, 4) is 10.6 Å². The number of pyridine rings is 1. The molecule has 0 aromatic carbocycles. The second kappa shape index (κ2) is 8.13. The van der Waals surface area contributed by atoms with Gasteiger partial charge in [-0.3, -0.25) is 9.78 Å². The van der Waals surface area contributed by atoms with E-state index >= 15 is 0 Å². The number of carbonyl (C=O) groups excluding carboxylic acids is 1. The molecule has 1 amide bonds. The monoisotopic (exact) mass is 369 g/mol. The van der Waals surface area contributed by atoms with Gasteiger partial charge in [0.2, 0.25) is 5.91 Å². The zero-order valence-electron chi connectivity index (χ0n) is 13.7. The smallest absolute Gasteiger partial charge is 0.231 e. The number of carbonyl (C=O) groups is 1. The predicted molar refractivity (Wildman–Crippen MR) is 101 cm³/mol. The first-order valence-electron chi connectivity index (χ1n) is 7.36. The van der Waals surface area contributed by atoms with Crippen LogP contribution in [0.1, 0.15) is 19.4 Å². The standard InChI is InChI=1S/C16H20ClN3OS2/c1-5-20(15(21)11(3)9-22-4)16-13(17)19-14(23-16)12-6-10(2)7-18-8-12/h6-8,11H,5,9H2,1-4H3. The van der Waals surface area contributed by atoms with Gasteiger partial charge in [0, 0.05) is 36.2 Å². The van der Waals surface area contributed by atoms with Crippen molar-refractivity contribution in [3.05, 3.63) is 29.2 Å². The molecule has 0 bridgehead atoms. The molecule has 0 aliphatic rings. The maximum atomic E-state index is 12.6. The number of thiazole rings is 1. The van der Waals surface area contributed by atoms with Crippen LogP contribution in [0.15, 0.2) is 18.5 Å². The van der Waals surface area contributed by atoms with Crippen molar-refractivity contribution in [2.45, 2.75) is 20.8 Å². The van der Waals surface area contributed by atoms with Gasteiger partial charge in [-0.05, 0) is 31.7 Å². The molecular weight excluding hydrogens is 350 g/mol. The summed E-state index contributed by atoms with van der Waals surface area (Å²) in [6.45, 7) is 6.46. The molecular formula is C16H20ClN3OS2. The van der Waals surface area contributed by atoms with Crippen LogP contribution in [0, 0.1) is 12.8 Å². The van der Waals surface area contributed by atoms with Crippen LogP contribution in [-0.4, -0.2) is 34.4 Å². The quantitative estimate of drug-likeness (QED) is 0.751. The van der Waals surface area contributed by atoms with Gasteiger partial charge in [0.15, 0.2) is 5.15 Å². The van der Waals surface area contributed by atoms with Crippen molar-refractivity contribution in [2.75, 3.05) is 23.5 Å². The molecule has 4 nitrogen and oxygen atoms in total. The fourth-order valence-electron chi connectivity index (χ4n) is 2.24. The highest BCUT2D eigenvalue weighted by Crippen LogP contribution is 2.38. The minimum atomic E-state index is -0.0489. The van der Waals surface area contributed by atoms with E-state index in [2.05, 4.69) is 9.97 Å². The van der Waals surface area contributed by atoms with E-state index in [0.29, 0.717) is 16.7 Å². The molecule has 2 heterocycles. The van der Waals surface area contributed by atoms with E-state index in [-0.39, 0.29) is 11.8 Å². The number of hydrogen-bond acceptors (Lipinski definition) is 5. The number of rotatable bonds is 6. The van der Waals surface area contributed by atoms with Crippen LogP contribution in [0.3, 0.4) is 0 Å². The Morgan fingerprint density at radius 1 is 1.48 bits per heavy atom. The van der Waals surface area contributed by atoms with Gasteiger partial charge in [0.25, 0.3) is 0 Å². The van der Waals surface area contributed by atoms with E-state index in [1.807, 2.05) is 33.1 Å². The molecule has 0 spiro atoms. The summed E-state index contributed by atoms with van der Waals surface area (Å²) in [7, 11) is 0. The summed E-state index contributed by atoms with van der Waals surface area (Å²) in [6, 6.07) is 2.01. The number of aryl methyl sites for hydroxylation is 1. The molecule has 2 aromatic rings. The highest BCUT2D eigenvalue weighted by Gasteiger charge is 2.25. The van der Waals surface area contributed by atoms with Gasteiger partial charge >= 0.3 is 0 Å². The van der Waals surface area contributed by atoms with Gasteiger partial charge in [-0.2, -0.15) is 11.8 Å². The Balaban J connectivity index is 2.33. The highest BCUT2D eigenvalue weighted by atomic mass is 35.5. The Morgan fingerprint density at radius 2 is 2.22 bits per heavy atom. The van der Waals surface area contributed by atoms with E-state index in [4.69, 9.17) is 11.6 Å². The van der Waals surface area contributed by atoms with Crippen molar-refractivity contribution in [1.29, 1.82) is 0 Å². The predicted octanol–water partition coefficient (Wildman–Crippen LogP) is 4.52. The lowest BCUT2D eigenvalue weighted by Crippen LogP contribution is -2.35. The molecule has 0 saturated heterocycles. The second-order valence-electron chi connectivity index (χ2n) is 5.30. The van der Waals surface area contributed by atoms with Crippen LogP contribution >= 0.6 is 34.7 Å². The van der Waals surface area contributed by atoms with Crippen molar-refractivity contribution in [3.63, 3.8) is 0 Å². The van der Waals surface area contributed by atoms with Crippen molar-refractivity contribution >= 4 is 45.6 Å². The molecule has 2 rings (SSSR count). The van der Waals surface area contributed by atoms with Gasteiger partial charge < -0.3 is 4.90 Å². The second-order valence-corrected chi connectivity index (χ2v) is 7.55. The molecule has 0 aliphatic carbocycles. The Hall–Kier alpha value is -1.11. The molecule has 0 aliphatic heterocycles. The summed E-state index contributed by atoms with van der Waals surface area (Å²) in [4.78, 5) is 23.0. The van der Waals surface area contributed by atoms with Crippen LogP contribution in [0.5, 0.6) is 0 Å². The number of amides is 1. The van der Waals surface area contributed by atoms with Crippen molar-refractivity contribution < 1.29 is 4.79 Å². The number of hydrogen-bond donors (Lipinski definition) is 0. The van der Waals surface area contributed by atoms with Crippen molar-refractivity contribution in [1.82, 2.24) is 9.97 Å². The number of anilines is 1. The largest absolute Gasteiger partial charge is 0.301 e. The molecule has 124 valence electrons. The highest BCUT2D eigenvalue weighted by molar-refractivity contribution is 7.98. The number of nitrogens with zero attached hydrogens (tertiary/aromatic N) is 3. The number of thioether (sulfide) groups is 1. The first-order valence-corrected chi connectivity index (χ1v) is 9.95. The average molecular weight is 370 g/mol. The summed E-state index contributed by atoms with van der Waals surface area (Å²) in [5.41, 5.74) is 1.98. The summed E-state index contributed by atoms with van der Waals surface area (Å²) in [5.74, 6) is 0.828. The van der Waals surface area contributed by atoms with Crippen LogP contribution in [0.25, 0.3) is 10.6 Å². The summed E-state index contributed by atoms with van der Waals surface area (Å²) >= 11 is 9.41. The molecule has 1 atom stereocenters. The third-order valence-electron chi connectivity index (χ3n) is 3.36. The summed E-state index contributed by atoms with van der Waals surface area (Å²) in [6.07, 6.45) is 5.56. The van der Waals surface area contributed by atoms with Crippen LogP contribution in [0.4, 0.5) is 5.00 Å². The molecule has 0 radical (unpaired) electrons. The molecule has 23 heavy (non-hydrogen) atoms. The zero-order chi connectivity index (χ0) is 17.0. The minimum absolute atomic E-state index is 0.0489. The molecule has 0 N–H and O–H groups in total. The van der Waals surface area contributed by atoms with Gasteiger partial charge in [-0.25, -0.2) is 4.98 Å². The lowest BCUT2D eigenvalue weighted by Gasteiger charge is -2.22. The number of halogens is 1. The van der Waals surface area contributed by atoms with Crippen molar-refractivity contribution in [2.24, 2.45) is 5.92 Å². The Morgan fingerprint density at radius 3 is 2.83 bits per heavy atom. The third kappa shape index (κ3) is 4.25.